The van der Waals surface area contributed by atoms with Crippen molar-refractivity contribution in [2.45, 2.75) is 38.1 Å². The second kappa shape index (κ2) is 10.2. The fourth-order valence-electron chi connectivity index (χ4n) is 3.89. The van der Waals surface area contributed by atoms with Gasteiger partial charge in [0.2, 0.25) is 5.91 Å². The number of carbonyl (C=O) groups excluding carboxylic acids is 2. The summed E-state index contributed by atoms with van der Waals surface area (Å²) in [5.74, 6) is 0.528. The Kier molecular flexibility index (Phi) is 6.94. The molecule has 3 aromatic rings. The van der Waals surface area contributed by atoms with E-state index in [1.807, 2.05) is 30.3 Å². The quantitative estimate of drug-likeness (QED) is 0.603. The van der Waals surface area contributed by atoms with Gasteiger partial charge in [0, 0.05) is 37.5 Å². The molecule has 1 aliphatic rings. The number of nitrogens with one attached hydrogen (secondary N) is 1. The van der Waals surface area contributed by atoms with Crippen LogP contribution in [0.5, 0.6) is 0 Å². The molecule has 0 aliphatic carbocycles. The van der Waals surface area contributed by atoms with Crippen molar-refractivity contribution in [3.8, 4) is 11.3 Å². The lowest BCUT2D eigenvalue weighted by Crippen LogP contribution is -2.46. The topological polar surface area (TPSA) is 75.4 Å². The molecule has 0 saturated carbocycles. The Morgan fingerprint density at radius 2 is 1.78 bits per heavy atom. The molecular weight excluding hydrogens is 409 g/mol. The fourth-order valence-corrected chi connectivity index (χ4v) is 3.89. The van der Waals surface area contributed by atoms with E-state index in [0.29, 0.717) is 51.1 Å². The summed E-state index contributed by atoms with van der Waals surface area (Å²) < 4.78 is 19.6. The molecule has 2 heterocycles. The molecule has 2 aromatic carbocycles. The molecule has 166 valence electrons. The van der Waals surface area contributed by atoms with Gasteiger partial charge in [0.05, 0.1) is 11.8 Å². The van der Waals surface area contributed by atoms with Crippen LogP contribution in [0, 0.1) is 5.82 Å². The summed E-state index contributed by atoms with van der Waals surface area (Å²) in [5.41, 5.74) is 1.07. The van der Waals surface area contributed by atoms with E-state index in [2.05, 4.69) is 10.3 Å². The van der Waals surface area contributed by atoms with Crippen LogP contribution in [0.1, 0.15) is 41.9 Å². The van der Waals surface area contributed by atoms with Gasteiger partial charge in [-0.1, -0.05) is 42.5 Å². The van der Waals surface area contributed by atoms with Gasteiger partial charge in [0.1, 0.15) is 5.82 Å². The second-order valence-corrected chi connectivity index (χ2v) is 7.95. The first-order valence-electron chi connectivity index (χ1n) is 10.9. The third kappa shape index (κ3) is 5.41. The third-order valence-corrected chi connectivity index (χ3v) is 5.66. The Labute approximate surface area is 186 Å². The molecule has 1 saturated heterocycles. The predicted octanol–water partition coefficient (Wildman–Crippen LogP) is 4.22. The van der Waals surface area contributed by atoms with E-state index in [1.165, 1.54) is 12.1 Å². The Balaban J connectivity index is 1.18. The van der Waals surface area contributed by atoms with Gasteiger partial charge in [-0.25, -0.2) is 9.37 Å². The average Bonchev–Trinajstić information content (AvgIpc) is 3.29. The van der Waals surface area contributed by atoms with Crippen LogP contribution in [0.25, 0.3) is 11.3 Å². The number of amides is 2. The highest BCUT2D eigenvalue weighted by Crippen LogP contribution is 2.21. The molecule has 1 fully saturated rings. The van der Waals surface area contributed by atoms with Crippen LogP contribution in [0.15, 0.2) is 65.2 Å². The summed E-state index contributed by atoms with van der Waals surface area (Å²) in [7, 11) is 0. The summed E-state index contributed by atoms with van der Waals surface area (Å²) in [6, 6.07) is 15.8. The van der Waals surface area contributed by atoms with Crippen molar-refractivity contribution < 1.29 is 18.4 Å². The second-order valence-electron chi connectivity index (χ2n) is 7.95. The SMILES string of the molecule is O=C(CCCc1ncc(-c2ccccc2)o1)NC1CCN(C(=O)c2ccccc2F)CC1. The number of carbonyl (C=O) groups is 2. The van der Waals surface area contributed by atoms with Crippen molar-refractivity contribution in [2.24, 2.45) is 0 Å². The van der Waals surface area contributed by atoms with E-state index < -0.39 is 5.82 Å². The number of piperidine rings is 1. The number of hydrogen-bond donors (Lipinski definition) is 1. The summed E-state index contributed by atoms with van der Waals surface area (Å²) in [4.78, 5) is 30.8. The van der Waals surface area contributed by atoms with Gasteiger partial charge in [-0.2, -0.15) is 0 Å². The van der Waals surface area contributed by atoms with Crippen LogP contribution in [-0.4, -0.2) is 40.8 Å². The Morgan fingerprint density at radius 3 is 2.53 bits per heavy atom. The number of nitrogens with zero attached hydrogens (tertiary/aromatic N) is 2. The molecule has 2 amide bonds. The number of halogens is 1. The van der Waals surface area contributed by atoms with Gasteiger partial charge >= 0.3 is 0 Å². The molecule has 4 rings (SSSR count). The van der Waals surface area contributed by atoms with Crippen molar-refractivity contribution >= 4 is 11.8 Å². The largest absolute Gasteiger partial charge is 0.441 e. The molecule has 32 heavy (non-hydrogen) atoms. The molecule has 0 unspecified atom stereocenters. The first-order valence-corrected chi connectivity index (χ1v) is 10.9. The minimum atomic E-state index is -0.505. The molecular formula is C25H26FN3O3. The van der Waals surface area contributed by atoms with E-state index in [-0.39, 0.29) is 23.4 Å². The molecule has 0 atom stereocenters. The molecule has 0 spiro atoms. The van der Waals surface area contributed by atoms with Gasteiger partial charge in [-0.3, -0.25) is 9.59 Å². The van der Waals surface area contributed by atoms with Crippen LogP contribution >= 0.6 is 0 Å². The zero-order valence-electron chi connectivity index (χ0n) is 17.8. The predicted molar refractivity (Wildman–Crippen MR) is 118 cm³/mol. The highest BCUT2D eigenvalue weighted by Gasteiger charge is 2.25. The normalized spacial score (nSPS) is 14.3. The monoisotopic (exact) mass is 435 g/mol. The van der Waals surface area contributed by atoms with Gasteiger partial charge < -0.3 is 14.6 Å². The van der Waals surface area contributed by atoms with Gasteiger partial charge in [-0.15, -0.1) is 0 Å². The van der Waals surface area contributed by atoms with Crippen LogP contribution in [-0.2, 0) is 11.2 Å². The summed E-state index contributed by atoms with van der Waals surface area (Å²) in [6.45, 7) is 0.993. The number of aryl methyl sites for hydroxylation is 1. The minimum Gasteiger partial charge on any atom is -0.441 e. The van der Waals surface area contributed by atoms with Crippen molar-refractivity contribution in [3.63, 3.8) is 0 Å². The number of likely N-dealkylation sites (tertiary alicyclic amines) is 1. The lowest BCUT2D eigenvalue weighted by atomic mass is 10.0. The molecule has 1 aromatic heterocycles. The van der Waals surface area contributed by atoms with E-state index in [4.69, 9.17) is 4.42 Å². The summed E-state index contributed by atoms with van der Waals surface area (Å²) in [5, 5.41) is 3.04. The Morgan fingerprint density at radius 1 is 1.06 bits per heavy atom. The smallest absolute Gasteiger partial charge is 0.256 e. The molecule has 1 N–H and O–H groups in total. The van der Waals surface area contributed by atoms with Crippen LogP contribution < -0.4 is 5.32 Å². The van der Waals surface area contributed by atoms with E-state index >= 15 is 0 Å². The lowest BCUT2D eigenvalue weighted by molar-refractivity contribution is -0.122. The summed E-state index contributed by atoms with van der Waals surface area (Å²) >= 11 is 0. The standard InChI is InChI=1S/C25H26FN3O3/c26-21-10-5-4-9-20(21)25(31)29-15-13-19(14-16-29)28-23(30)11-6-12-24-27-17-22(32-24)18-7-2-1-3-8-18/h1-5,7-10,17,19H,6,11-16H2,(H,28,30). The highest BCUT2D eigenvalue weighted by molar-refractivity contribution is 5.94. The third-order valence-electron chi connectivity index (χ3n) is 5.66. The number of rotatable bonds is 7. The van der Waals surface area contributed by atoms with Gasteiger partial charge in [-0.05, 0) is 31.4 Å². The van der Waals surface area contributed by atoms with Gasteiger partial charge in [0.25, 0.3) is 5.91 Å². The van der Waals surface area contributed by atoms with Gasteiger partial charge in [0.15, 0.2) is 11.7 Å². The number of hydrogen-bond acceptors (Lipinski definition) is 4. The maximum absolute atomic E-state index is 13.9. The Bertz CT molecular complexity index is 1060. The fraction of sp³-hybridized carbons (Fsp3) is 0.320. The number of oxazole rings is 1. The molecule has 0 bridgehead atoms. The van der Waals surface area contributed by atoms with E-state index in [1.54, 1.807) is 23.2 Å². The van der Waals surface area contributed by atoms with E-state index in [0.717, 1.165) is 11.3 Å². The minimum absolute atomic E-state index is 0.0151. The average molecular weight is 435 g/mol. The highest BCUT2D eigenvalue weighted by atomic mass is 19.1. The van der Waals surface area contributed by atoms with Crippen molar-refractivity contribution in [1.29, 1.82) is 0 Å². The van der Waals surface area contributed by atoms with Crippen molar-refractivity contribution in [3.05, 3.63) is 78.1 Å². The molecule has 1 aliphatic heterocycles. The maximum atomic E-state index is 13.9. The molecule has 6 nitrogen and oxygen atoms in total. The Hall–Kier alpha value is -3.48. The van der Waals surface area contributed by atoms with Crippen LogP contribution in [0.3, 0.4) is 0 Å². The first kappa shape index (κ1) is 21.7. The molecule has 7 heteroatoms. The van der Waals surface area contributed by atoms with E-state index in [9.17, 15) is 14.0 Å². The van der Waals surface area contributed by atoms with Crippen molar-refractivity contribution in [1.82, 2.24) is 15.2 Å². The van der Waals surface area contributed by atoms with Crippen molar-refractivity contribution in [2.75, 3.05) is 13.1 Å². The summed E-state index contributed by atoms with van der Waals surface area (Å²) in [6.07, 6.45) is 4.65. The lowest BCUT2D eigenvalue weighted by Gasteiger charge is -2.32. The zero-order valence-corrected chi connectivity index (χ0v) is 17.8. The number of aromatic nitrogens is 1. The number of benzene rings is 2. The maximum Gasteiger partial charge on any atom is 0.256 e. The molecule has 0 radical (unpaired) electrons. The van der Waals surface area contributed by atoms with Crippen LogP contribution in [0.2, 0.25) is 0 Å². The van der Waals surface area contributed by atoms with Crippen LogP contribution in [0.4, 0.5) is 4.39 Å². The first-order chi connectivity index (χ1) is 15.6. The zero-order chi connectivity index (χ0) is 22.3.